The maximum atomic E-state index is 13.8. The minimum absolute atomic E-state index is 0.0300. The Labute approximate surface area is 201 Å². The number of carbonyl (C=O) groups is 1. The zero-order chi connectivity index (χ0) is 24.0. The van der Waals surface area contributed by atoms with Crippen LogP contribution in [0.3, 0.4) is 0 Å². The van der Waals surface area contributed by atoms with Crippen LogP contribution in [-0.4, -0.2) is 17.5 Å². The summed E-state index contributed by atoms with van der Waals surface area (Å²) in [6.07, 6.45) is 2.34. The number of rotatable bonds is 5. The molecule has 0 aliphatic carbocycles. The minimum atomic E-state index is -0.719. The lowest BCUT2D eigenvalue weighted by Crippen LogP contribution is -2.30. The Kier molecular flexibility index (Phi) is 5.62. The topological polar surface area (TPSA) is 72.6 Å². The van der Waals surface area contributed by atoms with Crippen LogP contribution in [0.4, 0.5) is 5.82 Å². The molecule has 6 nitrogen and oxygen atoms in total. The molecule has 3 heterocycles. The normalized spacial score (nSPS) is 15.1. The fourth-order valence-corrected chi connectivity index (χ4v) is 4.40. The molecule has 1 atom stereocenters. The minimum Gasteiger partial charge on any atom is -0.494 e. The van der Waals surface area contributed by atoms with Gasteiger partial charge in [0, 0.05) is 6.20 Å². The van der Waals surface area contributed by atoms with Gasteiger partial charge in [-0.25, -0.2) is 4.98 Å². The summed E-state index contributed by atoms with van der Waals surface area (Å²) in [5.74, 6) is 0.650. The first-order valence-electron chi connectivity index (χ1n) is 11.1. The van der Waals surface area contributed by atoms with Crippen LogP contribution in [0.2, 0.25) is 5.02 Å². The van der Waals surface area contributed by atoms with Crippen molar-refractivity contribution in [1.82, 2.24) is 4.98 Å². The second kappa shape index (κ2) is 8.61. The van der Waals surface area contributed by atoms with Gasteiger partial charge in [0.1, 0.15) is 17.2 Å². The Morgan fingerprint density at radius 1 is 1.09 bits per heavy atom. The van der Waals surface area contributed by atoms with Crippen molar-refractivity contribution in [2.24, 2.45) is 0 Å². The first kappa shape index (κ1) is 22.2. The highest BCUT2D eigenvalue weighted by Gasteiger charge is 2.44. The highest BCUT2D eigenvalue weighted by molar-refractivity contribution is 6.30. The number of fused-ring (bicyclic) bond motifs is 2. The summed E-state index contributed by atoms with van der Waals surface area (Å²) >= 11 is 6.04. The smallest absolute Gasteiger partial charge is 0.296 e. The quantitative estimate of drug-likeness (QED) is 0.355. The van der Waals surface area contributed by atoms with Crippen LogP contribution >= 0.6 is 11.6 Å². The van der Waals surface area contributed by atoms with E-state index in [4.69, 9.17) is 20.8 Å². The molecule has 0 spiro atoms. The number of hydrogen-bond acceptors (Lipinski definition) is 5. The molecule has 1 aliphatic heterocycles. The van der Waals surface area contributed by atoms with Gasteiger partial charge in [0.2, 0.25) is 5.76 Å². The molecule has 0 N–H and O–H groups in total. The van der Waals surface area contributed by atoms with E-state index >= 15 is 0 Å². The van der Waals surface area contributed by atoms with Crippen molar-refractivity contribution in [2.45, 2.75) is 33.2 Å². The summed E-state index contributed by atoms with van der Waals surface area (Å²) in [6.45, 7) is 6.49. The molecule has 172 valence electrons. The molecule has 0 fully saturated rings. The number of amides is 1. The highest BCUT2D eigenvalue weighted by Crippen LogP contribution is 2.41. The lowest BCUT2D eigenvalue weighted by Gasteiger charge is -2.24. The summed E-state index contributed by atoms with van der Waals surface area (Å²) in [5, 5.41) is 0.897. The van der Waals surface area contributed by atoms with Crippen molar-refractivity contribution >= 4 is 34.3 Å². The van der Waals surface area contributed by atoms with Crippen molar-refractivity contribution < 1.29 is 13.9 Å². The molecule has 7 heteroatoms. The van der Waals surface area contributed by atoms with E-state index in [0.717, 1.165) is 23.1 Å². The van der Waals surface area contributed by atoms with Crippen molar-refractivity contribution in [3.63, 3.8) is 0 Å². The number of nitrogens with zero attached hydrogens (tertiary/aromatic N) is 2. The maximum absolute atomic E-state index is 13.8. The Bertz CT molecular complexity index is 1480. The van der Waals surface area contributed by atoms with E-state index in [2.05, 4.69) is 4.98 Å². The van der Waals surface area contributed by atoms with Gasteiger partial charge in [-0.1, -0.05) is 30.7 Å². The zero-order valence-corrected chi connectivity index (χ0v) is 19.8. The fourth-order valence-electron chi connectivity index (χ4n) is 4.28. The summed E-state index contributed by atoms with van der Waals surface area (Å²) in [5.41, 5.74) is 3.15. The van der Waals surface area contributed by atoms with Gasteiger partial charge in [-0.15, -0.1) is 0 Å². The third kappa shape index (κ3) is 3.64. The molecule has 2 aromatic heterocycles. The molecular formula is C27H23ClN2O4. The fraction of sp³-hybridized carbons (Fsp3) is 0.222. The van der Waals surface area contributed by atoms with E-state index in [-0.39, 0.29) is 11.2 Å². The number of ether oxygens (including phenoxy) is 1. The second-order valence-electron chi connectivity index (χ2n) is 8.44. The second-order valence-corrected chi connectivity index (χ2v) is 8.88. The summed E-state index contributed by atoms with van der Waals surface area (Å²) in [4.78, 5) is 33.3. The predicted molar refractivity (Wildman–Crippen MR) is 132 cm³/mol. The van der Waals surface area contributed by atoms with E-state index in [1.54, 1.807) is 18.2 Å². The number of pyridine rings is 1. The maximum Gasteiger partial charge on any atom is 0.296 e. The summed E-state index contributed by atoms with van der Waals surface area (Å²) < 4.78 is 11.9. The molecule has 1 aliphatic rings. The molecule has 0 saturated heterocycles. The van der Waals surface area contributed by atoms with Crippen LogP contribution in [0.5, 0.6) is 5.75 Å². The third-order valence-corrected chi connectivity index (χ3v) is 6.32. The van der Waals surface area contributed by atoms with Crippen LogP contribution in [0, 0.1) is 13.8 Å². The molecule has 0 saturated carbocycles. The Balaban J connectivity index is 1.77. The lowest BCUT2D eigenvalue weighted by atomic mass is 9.97. The number of anilines is 1. The van der Waals surface area contributed by atoms with E-state index in [1.165, 1.54) is 11.1 Å². The summed E-state index contributed by atoms with van der Waals surface area (Å²) in [7, 11) is 0. The first-order valence-corrected chi connectivity index (χ1v) is 11.5. The molecule has 0 bridgehead atoms. The first-order chi connectivity index (χ1) is 16.4. The number of halogens is 1. The average Bonchev–Trinajstić information content (AvgIpc) is 3.12. The molecule has 4 aromatic rings. The Morgan fingerprint density at radius 2 is 1.88 bits per heavy atom. The summed E-state index contributed by atoms with van der Waals surface area (Å²) in [6, 6.07) is 13.7. The number of aryl methyl sites for hydroxylation is 2. The van der Waals surface area contributed by atoms with E-state index < -0.39 is 11.9 Å². The van der Waals surface area contributed by atoms with Gasteiger partial charge < -0.3 is 9.15 Å². The number of carbonyl (C=O) groups excluding carboxylic acids is 1. The van der Waals surface area contributed by atoms with E-state index in [0.29, 0.717) is 39.7 Å². The molecule has 2 aromatic carbocycles. The van der Waals surface area contributed by atoms with Gasteiger partial charge in [-0.3, -0.25) is 14.5 Å². The van der Waals surface area contributed by atoms with Crippen molar-refractivity contribution in [1.29, 1.82) is 0 Å². The zero-order valence-electron chi connectivity index (χ0n) is 19.1. The highest BCUT2D eigenvalue weighted by atomic mass is 35.5. The predicted octanol–water partition coefficient (Wildman–Crippen LogP) is 6.00. The Hall–Kier alpha value is -3.64. The van der Waals surface area contributed by atoms with E-state index in [9.17, 15) is 9.59 Å². The van der Waals surface area contributed by atoms with Gasteiger partial charge >= 0.3 is 0 Å². The van der Waals surface area contributed by atoms with E-state index in [1.807, 2.05) is 51.1 Å². The Morgan fingerprint density at radius 3 is 2.62 bits per heavy atom. The molecule has 34 heavy (non-hydrogen) atoms. The van der Waals surface area contributed by atoms with Crippen LogP contribution in [0.15, 0.2) is 63.9 Å². The van der Waals surface area contributed by atoms with Crippen LogP contribution in [-0.2, 0) is 0 Å². The number of benzene rings is 2. The average molecular weight is 475 g/mol. The third-order valence-electron chi connectivity index (χ3n) is 6.09. The van der Waals surface area contributed by atoms with Crippen LogP contribution in [0.1, 0.15) is 52.2 Å². The van der Waals surface area contributed by atoms with Crippen molar-refractivity contribution in [2.75, 3.05) is 11.5 Å². The van der Waals surface area contributed by atoms with Gasteiger partial charge in [0.25, 0.3) is 5.91 Å². The monoisotopic (exact) mass is 474 g/mol. The largest absolute Gasteiger partial charge is 0.494 e. The number of hydrogen-bond donors (Lipinski definition) is 0. The van der Waals surface area contributed by atoms with Crippen LogP contribution in [0.25, 0.3) is 11.0 Å². The van der Waals surface area contributed by atoms with Gasteiger partial charge in [-0.05, 0) is 73.4 Å². The molecular weight excluding hydrogens is 452 g/mol. The molecule has 0 radical (unpaired) electrons. The van der Waals surface area contributed by atoms with Crippen molar-refractivity contribution in [3.05, 3.63) is 98.0 Å². The molecule has 1 unspecified atom stereocenters. The van der Waals surface area contributed by atoms with Gasteiger partial charge in [-0.2, -0.15) is 0 Å². The number of aromatic nitrogens is 1. The molecule has 5 rings (SSSR count). The lowest BCUT2D eigenvalue weighted by molar-refractivity contribution is 0.0970. The van der Waals surface area contributed by atoms with Gasteiger partial charge in [0.15, 0.2) is 5.43 Å². The van der Waals surface area contributed by atoms with Crippen molar-refractivity contribution in [3.8, 4) is 5.75 Å². The van der Waals surface area contributed by atoms with Gasteiger partial charge in [0.05, 0.1) is 28.6 Å². The SMILES string of the molecule is CCCOc1cccc(C2c3c(oc4cc(C)c(C)cc4c3=O)C(=O)N2c2ccc(Cl)cn2)c1. The van der Waals surface area contributed by atoms with Crippen LogP contribution < -0.4 is 15.1 Å². The standard InChI is InChI=1S/C27H23ClN2O4/c1-4-10-33-19-7-5-6-17(13-19)24-23-25(31)20-11-15(2)16(3)12-21(20)34-26(23)27(32)30(24)22-9-8-18(28)14-29-22/h5-9,11-14,24H,4,10H2,1-3H3. The molecule has 1 amide bonds.